The van der Waals surface area contributed by atoms with Crippen LogP contribution in [0.4, 0.5) is 5.69 Å². The Bertz CT molecular complexity index is 1200. The number of rotatable bonds is 6. The lowest BCUT2D eigenvalue weighted by molar-refractivity contribution is 0.477. The number of sulfonamides is 2. The van der Waals surface area contributed by atoms with E-state index in [4.69, 9.17) is 0 Å². The summed E-state index contributed by atoms with van der Waals surface area (Å²) in [6.45, 7) is 0.934. The summed E-state index contributed by atoms with van der Waals surface area (Å²) in [5.74, 6) is 0. The zero-order chi connectivity index (χ0) is 21.4. The molecule has 0 bridgehead atoms. The average Bonchev–Trinajstić information content (AvgIpc) is 3.22. The van der Waals surface area contributed by atoms with Gasteiger partial charge in [0.15, 0.2) is 9.84 Å². The second-order valence-corrected chi connectivity index (χ2v) is 12.7. The minimum absolute atomic E-state index is 0.0542. The van der Waals surface area contributed by atoms with Gasteiger partial charge in [-0.25, -0.2) is 25.3 Å². The SMILES string of the molecule is CN(c1ccc(S(C)(=O)=O)cc1)S(=O)(=O)c1ccc(S(=O)(=O)N2CCCC2)cc1. The van der Waals surface area contributed by atoms with Crippen LogP contribution in [0.15, 0.2) is 63.2 Å². The minimum Gasteiger partial charge on any atom is -0.269 e. The predicted molar refractivity (Wildman–Crippen MR) is 110 cm³/mol. The number of sulfone groups is 1. The molecule has 8 nitrogen and oxygen atoms in total. The lowest BCUT2D eigenvalue weighted by Gasteiger charge is -2.20. The van der Waals surface area contributed by atoms with Gasteiger partial charge in [0.1, 0.15) is 0 Å². The molecular formula is C18H22N2O6S3. The first-order valence-electron chi connectivity index (χ1n) is 8.83. The molecule has 0 aromatic heterocycles. The zero-order valence-electron chi connectivity index (χ0n) is 16.0. The fraction of sp³-hybridized carbons (Fsp3) is 0.333. The van der Waals surface area contributed by atoms with Gasteiger partial charge in [0, 0.05) is 26.4 Å². The predicted octanol–water partition coefficient (Wildman–Crippen LogP) is 1.70. The van der Waals surface area contributed by atoms with Crippen LogP contribution in [0.2, 0.25) is 0 Å². The number of nitrogens with zero attached hydrogens (tertiary/aromatic N) is 2. The van der Waals surface area contributed by atoms with Crippen molar-refractivity contribution in [1.82, 2.24) is 4.31 Å². The van der Waals surface area contributed by atoms with Crippen molar-refractivity contribution in [3.8, 4) is 0 Å². The van der Waals surface area contributed by atoms with Crippen LogP contribution in [0.1, 0.15) is 12.8 Å². The molecule has 0 aliphatic carbocycles. The molecule has 1 heterocycles. The van der Waals surface area contributed by atoms with E-state index in [0.717, 1.165) is 23.4 Å². The van der Waals surface area contributed by atoms with Crippen LogP contribution in [0.5, 0.6) is 0 Å². The molecule has 2 aromatic rings. The van der Waals surface area contributed by atoms with Gasteiger partial charge in [-0.2, -0.15) is 4.31 Å². The lowest BCUT2D eigenvalue weighted by atomic mass is 10.3. The van der Waals surface area contributed by atoms with Crippen molar-refractivity contribution in [3.63, 3.8) is 0 Å². The van der Waals surface area contributed by atoms with Gasteiger partial charge >= 0.3 is 0 Å². The highest BCUT2D eigenvalue weighted by atomic mass is 32.2. The molecule has 11 heteroatoms. The normalized spacial score (nSPS) is 16.1. The first kappa shape index (κ1) is 21.8. The summed E-state index contributed by atoms with van der Waals surface area (Å²) in [4.78, 5) is 0.0783. The van der Waals surface area contributed by atoms with Crippen molar-refractivity contribution in [2.24, 2.45) is 0 Å². The van der Waals surface area contributed by atoms with E-state index in [1.54, 1.807) is 0 Å². The molecule has 2 aromatic carbocycles. The fourth-order valence-electron chi connectivity index (χ4n) is 3.06. The number of benzene rings is 2. The number of anilines is 1. The van der Waals surface area contributed by atoms with E-state index < -0.39 is 29.9 Å². The third-order valence-electron chi connectivity index (χ3n) is 4.81. The Balaban J connectivity index is 1.87. The van der Waals surface area contributed by atoms with Gasteiger partial charge in [0.05, 0.1) is 20.4 Å². The van der Waals surface area contributed by atoms with Crippen LogP contribution in [0, 0.1) is 0 Å². The maximum absolute atomic E-state index is 12.9. The molecule has 1 aliphatic heterocycles. The Kier molecular flexibility index (Phi) is 5.78. The Morgan fingerprint density at radius 2 is 1.17 bits per heavy atom. The van der Waals surface area contributed by atoms with Crippen LogP contribution in [-0.4, -0.2) is 56.0 Å². The van der Waals surface area contributed by atoms with Gasteiger partial charge < -0.3 is 0 Å². The fourth-order valence-corrected chi connectivity index (χ4v) is 6.40. The van der Waals surface area contributed by atoms with Crippen LogP contribution in [0.3, 0.4) is 0 Å². The van der Waals surface area contributed by atoms with Crippen LogP contribution in [-0.2, 0) is 29.9 Å². The highest BCUT2D eigenvalue weighted by Gasteiger charge is 2.28. The van der Waals surface area contributed by atoms with Gasteiger partial charge in [-0.1, -0.05) is 0 Å². The van der Waals surface area contributed by atoms with Gasteiger partial charge in [-0.05, 0) is 61.4 Å². The number of hydrogen-bond acceptors (Lipinski definition) is 6. The lowest BCUT2D eigenvalue weighted by Crippen LogP contribution is -2.28. The molecule has 0 atom stereocenters. The first-order chi connectivity index (χ1) is 13.4. The molecule has 3 rings (SSSR count). The Hall–Kier alpha value is -1.95. The second kappa shape index (κ2) is 7.71. The smallest absolute Gasteiger partial charge is 0.264 e. The highest BCUT2D eigenvalue weighted by Crippen LogP contribution is 2.26. The van der Waals surface area contributed by atoms with Crippen molar-refractivity contribution in [3.05, 3.63) is 48.5 Å². The zero-order valence-corrected chi connectivity index (χ0v) is 18.5. The number of hydrogen-bond donors (Lipinski definition) is 0. The summed E-state index contributed by atoms with van der Waals surface area (Å²) in [6.07, 6.45) is 2.70. The van der Waals surface area contributed by atoms with Gasteiger partial charge in [-0.15, -0.1) is 0 Å². The molecule has 0 amide bonds. The molecule has 0 saturated carbocycles. The molecule has 0 radical (unpaired) electrons. The van der Waals surface area contributed by atoms with E-state index >= 15 is 0 Å². The Morgan fingerprint density at radius 1 is 0.724 bits per heavy atom. The largest absolute Gasteiger partial charge is 0.269 e. The molecule has 0 unspecified atom stereocenters. The molecule has 1 fully saturated rings. The monoisotopic (exact) mass is 458 g/mol. The molecule has 158 valence electrons. The Labute approximate surface area is 171 Å². The van der Waals surface area contributed by atoms with Gasteiger partial charge in [0.2, 0.25) is 10.0 Å². The maximum atomic E-state index is 12.9. The van der Waals surface area contributed by atoms with Gasteiger partial charge in [-0.3, -0.25) is 4.31 Å². The summed E-state index contributed by atoms with van der Waals surface area (Å²) in [5.41, 5.74) is 0.283. The standard InChI is InChI=1S/C18H22N2O6S3/c1-19(15-5-7-16(8-6-15)27(2,21)22)28(23,24)17-9-11-18(12-10-17)29(25,26)20-13-3-4-14-20/h5-12H,3-4,13-14H2,1-2H3. The van der Waals surface area contributed by atoms with Crippen LogP contribution < -0.4 is 4.31 Å². The van der Waals surface area contributed by atoms with E-state index in [1.807, 2.05) is 0 Å². The second-order valence-electron chi connectivity index (χ2n) is 6.82. The van der Waals surface area contributed by atoms with Crippen molar-refractivity contribution < 1.29 is 25.3 Å². The summed E-state index contributed by atoms with van der Waals surface area (Å²) in [6, 6.07) is 10.6. The van der Waals surface area contributed by atoms with Gasteiger partial charge in [0.25, 0.3) is 10.0 Å². The van der Waals surface area contributed by atoms with E-state index in [1.165, 1.54) is 59.9 Å². The van der Waals surface area contributed by atoms with E-state index in [2.05, 4.69) is 0 Å². The highest BCUT2D eigenvalue weighted by molar-refractivity contribution is 7.93. The third-order valence-corrected chi connectivity index (χ3v) is 9.65. The molecule has 1 saturated heterocycles. The maximum Gasteiger partial charge on any atom is 0.264 e. The van der Waals surface area contributed by atoms with E-state index in [-0.39, 0.29) is 20.4 Å². The average molecular weight is 459 g/mol. The van der Waals surface area contributed by atoms with Crippen molar-refractivity contribution in [2.45, 2.75) is 27.5 Å². The van der Waals surface area contributed by atoms with Crippen molar-refractivity contribution >= 4 is 35.6 Å². The van der Waals surface area contributed by atoms with Crippen molar-refractivity contribution in [2.75, 3.05) is 30.7 Å². The Morgan fingerprint density at radius 3 is 1.66 bits per heavy atom. The molecule has 29 heavy (non-hydrogen) atoms. The molecule has 0 N–H and O–H groups in total. The van der Waals surface area contributed by atoms with Crippen LogP contribution >= 0.6 is 0 Å². The van der Waals surface area contributed by atoms with Crippen LogP contribution in [0.25, 0.3) is 0 Å². The van der Waals surface area contributed by atoms with Crippen molar-refractivity contribution in [1.29, 1.82) is 0 Å². The van der Waals surface area contributed by atoms with E-state index in [0.29, 0.717) is 13.1 Å². The van der Waals surface area contributed by atoms with E-state index in [9.17, 15) is 25.3 Å². The third kappa shape index (κ3) is 4.32. The quantitative estimate of drug-likeness (QED) is 0.652. The summed E-state index contributed by atoms with van der Waals surface area (Å²) in [7, 11) is -9.61. The summed E-state index contributed by atoms with van der Waals surface area (Å²) >= 11 is 0. The first-order valence-corrected chi connectivity index (χ1v) is 13.6. The molecule has 1 aliphatic rings. The summed E-state index contributed by atoms with van der Waals surface area (Å²) < 4.78 is 76.4. The topological polar surface area (TPSA) is 109 Å². The minimum atomic E-state index is -3.95. The molecular weight excluding hydrogens is 436 g/mol. The molecule has 0 spiro atoms. The summed E-state index contributed by atoms with van der Waals surface area (Å²) in [5, 5.41) is 0.